The van der Waals surface area contributed by atoms with Crippen molar-refractivity contribution < 1.29 is 9.59 Å². The Morgan fingerprint density at radius 2 is 0.950 bits per heavy atom. The van der Waals surface area contributed by atoms with Crippen molar-refractivity contribution >= 4 is 67.0 Å². The second kappa shape index (κ2) is 11.1. The molecule has 0 saturated carbocycles. The molecule has 0 aliphatic heterocycles. The predicted molar refractivity (Wildman–Crippen MR) is 160 cm³/mol. The molecule has 5 rings (SSSR count). The van der Waals surface area contributed by atoms with Gasteiger partial charge in [-0.25, -0.2) is 0 Å². The summed E-state index contributed by atoms with van der Waals surface area (Å²) in [7, 11) is 0. The maximum Gasteiger partial charge on any atom is 0.205 e. The molecule has 6 N–H and O–H groups in total. The number of carbonyl (C=O) groups is 2. The molecule has 0 amide bonds. The fraction of sp³-hybridized carbons (Fsp3) is 0. The first-order chi connectivity index (χ1) is 19.4. The Labute approximate surface area is 237 Å². The van der Waals surface area contributed by atoms with E-state index in [9.17, 15) is 20.1 Å². The van der Waals surface area contributed by atoms with Crippen molar-refractivity contribution in [1.82, 2.24) is 0 Å². The number of ketones is 2. The van der Waals surface area contributed by atoms with Crippen molar-refractivity contribution in [2.75, 3.05) is 22.1 Å². The number of hydrogen-bond acceptors (Lipinski definition) is 10. The second-order valence-corrected chi connectivity index (χ2v) is 10.6. The van der Waals surface area contributed by atoms with Crippen molar-refractivity contribution in [2.24, 2.45) is 0 Å². The summed E-state index contributed by atoms with van der Waals surface area (Å²) in [4.78, 5) is 27.1. The number of thiophene rings is 2. The summed E-state index contributed by atoms with van der Waals surface area (Å²) in [5.74, 6) is -0.730. The molecule has 2 heterocycles. The van der Waals surface area contributed by atoms with E-state index >= 15 is 0 Å². The average Bonchev–Trinajstić information content (AvgIpc) is 3.47. The molecule has 0 aliphatic rings. The number of nitrogens with one attached hydrogen (secondary N) is 2. The number of nitrogens with two attached hydrogens (primary N) is 2. The van der Waals surface area contributed by atoms with Crippen LogP contribution in [0.4, 0.5) is 32.8 Å². The van der Waals surface area contributed by atoms with E-state index in [0.717, 1.165) is 34.0 Å². The molecule has 0 saturated heterocycles. The van der Waals surface area contributed by atoms with Gasteiger partial charge in [0, 0.05) is 22.5 Å². The molecule has 194 valence electrons. The molecule has 0 unspecified atom stereocenters. The first-order valence-electron chi connectivity index (χ1n) is 11.9. The molecular weight excluding hydrogens is 541 g/mol. The van der Waals surface area contributed by atoms with Crippen molar-refractivity contribution in [2.45, 2.75) is 0 Å². The molecule has 5 aromatic rings. The van der Waals surface area contributed by atoms with Gasteiger partial charge in [0.2, 0.25) is 11.6 Å². The zero-order valence-electron chi connectivity index (χ0n) is 20.8. The summed E-state index contributed by atoms with van der Waals surface area (Å²) in [6.45, 7) is 0. The van der Waals surface area contributed by atoms with Crippen LogP contribution >= 0.6 is 22.7 Å². The lowest BCUT2D eigenvalue weighted by Gasteiger charge is -2.04. The van der Waals surface area contributed by atoms with E-state index in [1.54, 1.807) is 0 Å². The highest BCUT2D eigenvalue weighted by Gasteiger charge is 2.25. The van der Waals surface area contributed by atoms with Gasteiger partial charge in [-0.2, -0.15) is 10.5 Å². The number of anilines is 6. The molecule has 0 bridgehead atoms. The van der Waals surface area contributed by atoms with Crippen LogP contribution in [0, 0.1) is 22.7 Å². The summed E-state index contributed by atoms with van der Waals surface area (Å²) in [6.07, 6.45) is 0. The predicted octanol–water partition coefficient (Wildman–Crippen LogP) is 6.67. The van der Waals surface area contributed by atoms with Gasteiger partial charge in [0.15, 0.2) is 0 Å². The SMILES string of the molecule is N#Cc1c(Nc2ccccc2)sc(C(=O)c2ccc(C(=O)c3sc(Nc4ccccc4)c(C#N)c3N)cc2)c1N. The fourth-order valence-corrected chi connectivity index (χ4v) is 6.07. The zero-order chi connectivity index (χ0) is 28.2. The van der Waals surface area contributed by atoms with Crippen LogP contribution < -0.4 is 22.1 Å². The molecule has 40 heavy (non-hydrogen) atoms. The first-order valence-corrected chi connectivity index (χ1v) is 13.5. The second-order valence-electron chi connectivity index (χ2n) is 8.54. The number of rotatable bonds is 8. The van der Waals surface area contributed by atoms with Gasteiger partial charge in [-0.3, -0.25) is 9.59 Å². The quantitative estimate of drug-likeness (QED) is 0.153. The van der Waals surface area contributed by atoms with E-state index < -0.39 is 0 Å². The van der Waals surface area contributed by atoms with Crippen molar-refractivity contribution in [3.05, 3.63) is 117 Å². The Morgan fingerprint density at radius 3 is 1.27 bits per heavy atom. The lowest BCUT2D eigenvalue weighted by Crippen LogP contribution is -2.05. The van der Waals surface area contributed by atoms with Crippen LogP contribution in [-0.4, -0.2) is 11.6 Å². The highest BCUT2D eigenvalue weighted by Crippen LogP contribution is 2.39. The van der Waals surface area contributed by atoms with Crippen LogP contribution in [0.5, 0.6) is 0 Å². The smallest absolute Gasteiger partial charge is 0.205 e. The summed E-state index contributed by atoms with van der Waals surface area (Å²) in [6, 6.07) is 28.8. The third kappa shape index (κ3) is 5.00. The number of para-hydroxylation sites is 2. The van der Waals surface area contributed by atoms with Crippen molar-refractivity contribution in [1.29, 1.82) is 10.5 Å². The normalized spacial score (nSPS) is 10.3. The third-order valence-electron chi connectivity index (χ3n) is 6.00. The number of nitrogen functional groups attached to an aromatic ring is 2. The fourth-order valence-electron chi connectivity index (χ4n) is 3.96. The first kappa shape index (κ1) is 26.2. The number of benzene rings is 3. The maximum absolute atomic E-state index is 13.3. The van der Waals surface area contributed by atoms with Gasteiger partial charge in [-0.1, -0.05) is 60.7 Å². The minimum atomic E-state index is -0.365. The van der Waals surface area contributed by atoms with E-state index in [4.69, 9.17) is 11.5 Å². The lowest BCUT2D eigenvalue weighted by molar-refractivity contribution is 0.103. The molecule has 10 heteroatoms. The van der Waals surface area contributed by atoms with Gasteiger partial charge in [0.25, 0.3) is 0 Å². The summed E-state index contributed by atoms with van der Waals surface area (Å²) in [5, 5.41) is 26.5. The molecule has 0 atom stereocenters. The largest absolute Gasteiger partial charge is 0.396 e. The van der Waals surface area contributed by atoms with E-state index in [0.29, 0.717) is 21.1 Å². The third-order valence-corrected chi connectivity index (χ3v) is 8.24. The van der Waals surface area contributed by atoms with E-state index in [-0.39, 0.29) is 43.8 Å². The minimum absolute atomic E-state index is 0.102. The van der Waals surface area contributed by atoms with Crippen LogP contribution in [0.3, 0.4) is 0 Å². The van der Waals surface area contributed by atoms with Crippen LogP contribution in [-0.2, 0) is 0 Å². The van der Waals surface area contributed by atoms with Gasteiger partial charge in [-0.15, -0.1) is 22.7 Å². The van der Waals surface area contributed by atoms with Gasteiger partial charge in [0.1, 0.15) is 43.0 Å². The number of nitriles is 2. The van der Waals surface area contributed by atoms with Crippen LogP contribution in [0.25, 0.3) is 0 Å². The molecular formula is C30H20N6O2S2. The maximum atomic E-state index is 13.3. The molecule has 2 aromatic heterocycles. The van der Waals surface area contributed by atoms with E-state index in [1.165, 1.54) is 24.3 Å². The molecule has 0 fully saturated rings. The number of carbonyl (C=O) groups excluding carboxylic acids is 2. The van der Waals surface area contributed by atoms with Gasteiger partial charge >= 0.3 is 0 Å². The van der Waals surface area contributed by atoms with Gasteiger partial charge in [-0.05, 0) is 24.3 Å². The summed E-state index contributed by atoms with van der Waals surface area (Å²) in [5.41, 5.74) is 15.1. The van der Waals surface area contributed by atoms with Crippen LogP contribution in [0.15, 0.2) is 84.9 Å². The van der Waals surface area contributed by atoms with Crippen molar-refractivity contribution in [3.63, 3.8) is 0 Å². The average molecular weight is 561 g/mol. The summed E-state index contributed by atoms with van der Waals surface area (Å²) < 4.78 is 0. The van der Waals surface area contributed by atoms with Gasteiger partial charge < -0.3 is 22.1 Å². The van der Waals surface area contributed by atoms with E-state index in [1.807, 2.05) is 60.7 Å². The highest BCUT2D eigenvalue weighted by atomic mass is 32.1. The molecule has 8 nitrogen and oxygen atoms in total. The lowest BCUT2D eigenvalue weighted by atomic mass is 10.0. The Bertz CT molecular complexity index is 1680. The molecule has 0 aliphatic carbocycles. The number of nitrogens with zero attached hydrogens (tertiary/aromatic N) is 2. The van der Waals surface area contributed by atoms with Crippen LogP contribution in [0.2, 0.25) is 0 Å². The Morgan fingerprint density at radius 1 is 0.600 bits per heavy atom. The van der Waals surface area contributed by atoms with Crippen molar-refractivity contribution in [3.8, 4) is 12.1 Å². The van der Waals surface area contributed by atoms with E-state index in [2.05, 4.69) is 22.8 Å². The monoisotopic (exact) mass is 560 g/mol. The Balaban J connectivity index is 1.39. The van der Waals surface area contributed by atoms with Gasteiger partial charge in [0.05, 0.1) is 11.4 Å². The minimum Gasteiger partial charge on any atom is -0.396 e. The highest BCUT2D eigenvalue weighted by molar-refractivity contribution is 7.19. The van der Waals surface area contributed by atoms with Crippen LogP contribution in [0.1, 0.15) is 41.6 Å². The topological polar surface area (TPSA) is 158 Å². The number of hydrogen-bond donors (Lipinski definition) is 4. The molecule has 0 spiro atoms. The standard InChI is InChI=1S/C30H20N6O2S2/c31-15-21-23(33)27(39-29(21)35-19-7-3-1-4-8-19)25(37)17-11-13-18(14-12-17)26(38)28-24(34)22(16-32)30(40-28)36-20-9-5-2-6-10-20/h1-14,35-36H,33-34H2. The Hall–Kier alpha value is -5.42. The summed E-state index contributed by atoms with van der Waals surface area (Å²) >= 11 is 2.20. The zero-order valence-corrected chi connectivity index (χ0v) is 22.4. The Kier molecular flexibility index (Phi) is 7.29. The molecule has 3 aromatic carbocycles. The molecule has 0 radical (unpaired) electrons.